The summed E-state index contributed by atoms with van der Waals surface area (Å²) in [5.41, 5.74) is 0.367. The van der Waals surface area contributed by atoms with Crippen molar-refractivity contribution in [1.29, 1.82) is 0 Å². The zero-order valence-corrected chi connectivity index (χ0v) is 14.5. The average Bonchev–Trinajstić information content (AvgIpc) is 2.62. The zero-order valence-electron chi connectivity index (χ0n) is 14.5. The second kappa shape index (κ2) is 7.43. The maximum Gasteiger partial charge on any atom is 0.225 e. The third-order valence-corrected chi connectivity index (χ3v) is 5.32. The summed E-state index contributed by atoms with van der Waals surface area (Å²) in [5.74, 6) is 0.954. The van der Waals surface area contributed by atoms with E-state index in [0.29, 0.717) is 13.1 Å². The van der Waals surface area contributed by atoms with E-state index in [1.807, 2.05) is 23.1 Å². The van der Waals surface area contributed by atoms with Gasteiger partial charge < -0.3 is 19.6 Å². The average molecular weight is 332 g/mol. The first-order chi connectivity index (χ1) is 11.6. The quantitative estimate of drug-likeness (QED) is 0.920. The van der Waals surface area contributed by atoms with Crippen molar-refractivity contribution in [3.05, 3.63) is 24.3 Å². The first-order valence-electron chi connectivity index (χ1n) is 8.99. The van der Waals surface area contributed by atoms with Crippen molar-refractivity contribution in [1.82, 2.24) is 4.90 Å². The van der Waals surface area contributed by atoms with Gasteiger partial charge in [-0.1, -0.05) is 25.3 Å². The summed E-state index contributed by atoms with van der Waals surface area (Å²) >= 11 is 0. The number of methoxy groups -OCH3 is 1. The number of carbonyl (C=O) groups excluding carboxylic acids is 1. The van der Waals surface area contributed by atoms with Gasteiger partial charge in [0.25, 0.3) is 0 Å². The van der Waals surface area contributed by atoms with Crippen LogP contribution >= 0.6 is 0 Å². The lowest BCUT2D eigenvalue weighted by Gasteiger charge is -2.38. The molecule has 132 valence electrons. The summed E-state index contributed by atoms with van der Waals surface area (Å²) in [6.45, 7) is 3.06. The third kappa shape index (κ3) is 4.01. The predicted molar refractivity (Wildman–Crippen MR) is 94.4 cm³/mol. The van der Waals surface area contributed by atoms with Crippen LogP contribution in [0.1, 0.15) is 38.5 Å². The molecule has 1 saturated carbocycles. The van der Waals surface area contributed by atoms with Gasteiger partial charge in [-0.05, 0) is 25.0 Å². The molecule has 0 bridgehead atoms. The third-order valence-electron chi connectivity index (χ3n) is 5.32. The molecule has 0 aromatic heterocycles. The van der Waals surface area contributed by atoms with Crippen LogP contribution < -0.4 is 9.64 Å². The number of piperazine rings is 1. The van der Waals surface area contributed by atoms with Crippen LogP contribution in [0.3, 0.4) is 0 Å². The Morgan fingerprint density at radius 2 is 1.88 bits per heavy atom. The van der Waals surface area contributed by atoms with Gasteiger partial charge >= 0.3 is 0 Å². The SMILES string of the molecule is COc1cccc(N2CCN(C(=O)CC3(O)CCCCC3)CC2)c1. The topological polar surface area (TPSA) is 53.0 Å². The highest BCUT2D eigenvalue weighted by Gasteiger charge is 2.34. The van der Waals surface area contributed by atoms with E-state index in [2.05, 4.69) is 11.0 Å². The number of benzene rings is 1. The van der Waals surface area contributed by atoms with E-state index < -0.39 is 5.60 Å². The molecule has 0 atom stereocenters. The van der Waals surface area contributed by atoms with Crippen molar-refractivity contribution >= 4 is 11.6 Å². The Hall–Kier alpha value is -1.75. The standard InChI is InChI=1S/C19H28N2O3/c1-24-17-7-5-6-16(14-17)20-10-12-21(13-11-20)18(22)15-19(23)8-3-2-4-9-19/h5-7,14,23H,2-4,8-13,15H2,1H3. The number of rotatable bonds is 4. The number of ether oxygens (including phenoxy) is 1. The molecule has 1 N–H and O–H groups in total. The van der Waals surface area contributed by atoms with Crippen molar-refractivity contribution < 1.29 is 14.6 Å². The highest BCUT2D eigenvalue weighted by atomic mass is 16.5. The van der Waals surface area contributed by atoms with Crippen molar-refractivity contribution in [2.45, 2.75) is 44.1 Å². The molecular weight excluding hydrogens is 304 g/mol. The van der Waals surface area contributed by atoms with Crippen LogP contribution in [0.4, 0.5) is 5.69 Å². The molecule has 1 amide bonds. The summed E-state index contributed by atoms with van der Waals surface area (Å²) in [5, 5.41) is 10.6. The largest absolute Gasteiger partial charge is 0.497 e. The summed E-state index contributed by atoms with van der Waals surface area (Å²) in [6.07, 6.45) is 5.06. The Morgan fingerprint density at radius 3 is 2.54 bits per heavy atom. The van der Waals surface area contributed by atoms with E-state index in [0.717, 1.165) is 50.2 Å². The fraction of sp³-hybridized carbons (Fsp3) is 0.632. The molecule has 2 fully saturated rings. The van der Waals surface area contributed by atoms with Gasteiger partial charge in [0, 0.05) is 37.9 Å². The number of aliphatic hydroxyl groups is 1. The minimum atomic E-state index is -0.765. The molecule has 1 aromatic carbocycles. The van der Waals surface area contributed by atoms with Crippen LogP contribution in [-0.4, -0.2) is 54.8 Å². The molecule has 0 spiro atoms. The molecule has 2 aliphatic rings. The van der Waals surface area contributed by atoms with Crippen LogP contribution in [0, 0.1) is 0 Å². The predicted octanol–water partition coefficient (Wildman–Crippen LogP) is 2.43. The number of amides is 1. The Kier molecular flexibility index (Phi) is 5.29. The lowest BCUT2D eigenvalue weighted by Crippen LogP contribution is -2.50. The monoisotopic (exact) mass is 332 g/mol. The minimum Gasteiger partial charge on any atom is -0.497 e. The lowest BCUT2D eigenvalue weighted by molar-refractivity contribution is -0.138. The number of anilines is 1. The summed E-state index contributed by atoms with van der Waals surface area (Å²) < 4.78 is 5.28. The van der Waals surface area contributed by atoms with Crippen molar-refractivity contribution in [2.24, 2.45) is 0 Å². The summed E-state index contributed by atoms with van der Waals surface area (Å²) in [6, 6.07) is 8.03. The molecule has 1 heterocycles. The zero-order chi connectivity index (χ0) is 17.0. The first kappa shape index (κ1) is 17.1. The maximum atomic E-state index is 12.5. The smallest absolute Gasteiger partial charge is 0.225 e. The normalized spacial score (nSPS) is 20.8. The van der Waals surface area contributed by atoms with Crippen molar-refractivity contribution in [2.75, 3.05) is 38.2 Å². The number of hydrogen-bond acceptors (Lipinski definition) is 4. The summed E-state index contributed by atoms with van der Waals surface area (Å²) in [4.78, 5) is 16.7. The van der Waals surface area contributed by atoms with Gasteiger partial charge in [-0.3, -0.25) is 4.79 Å². The van der Waals surface area contributed by atoms with Gasteiger partial charge in [0.2, 0.25) is 5.91 Å². The van der Waals surface area contributed by atoms with Crippen LogP contribution in [0.15, 0.2) is 24.3 Å². The highest BCUT2D eigenvalue weighted by Crippen LogP contribution is 2.31. The first-order valence-corrected chi connectivity index (χ1v) is 8.99. The molecule has 3 rings (SSSR count). The van der Waals surface area contributed by atoms with Gasteiger partial charge in [-0.25, -0.2) is 0 Å². The van der Waals surface area contributed by atoms with Gasteiger partial charge in [0.15, 0.2) is 0 Å². The van der Waals surface area contributed by atoms with E-state index in [1.54, 1.807) is 7.11 Å². The van der Waals surface area contributed by atoms with Gasteiger partial charge in [-0.2, -0.15) is 0 Å². The van der Waals surface area contributed by atoms with Gasteiger partial charge in [-0.15, -0.1) is 0 Å². The number of carbonyl (C=O) groups is 1. The lowest BCUT2D eigenvalue weighted by atomic mass is 9.82. The fourth-order valence-corrected chi connectivity index (χ4v) is 3.80. The van der Waals surface area contributed by atoms with Crippen LogP contribution in [0.5, 0.6) is 5.75 Å². The molecule has 0 unspecified atom stereocenters. The molecule has 5 nitrogen and oxygen atoms in total. The Morgan fingerprint density at radius 1 is 1.17 bits per heavy atom. The fourth-order valence-electron chi connectivity index (χ4n) is 3.80. The molecule has 5 heteroatoms. The second-order valence-corrected chi connectivity index (χ2v) is 7.03. The van der Waals surface area contributed by atoms with E-state index in [4.69, 9.17) is 4.74 Å². The molecule has 1 aliphatic carbocycles. The Balaban J connectivity index is 1.53. The van der Waals surface area contributed by atoms with E-state index in [1.165, 1.54) is 6.42 Å². The Bertz CT molecular complexity index is 561. The second-order valence-electron chi connectivity index (χ2n) is 7.03. The summed E-state index contributed by atoms with van der Waals surface area (Å²) in [7, 11) is 1.67. The molecule has 1 aromatic rings. The molecule has 0 radical (unpaired) electrons. The van der Waals surface area contributed by atoms with E-state index in [-0.39, 0.29) is 12.3 Å². The van der Waals surface area contributed by atoms with Crippen LogP contribution in [-0.2, 0) is 4.79 Å². The van der Waals surface area contributed by atoms with Crippen molar-refractivity contribution in [3.63, 3.8) is 0 Å². The maximum absolute atomic E-state index is 12.5. The van der Waals surface area contributed by atoms with Crippen molar-refractivity contribution in [3.8, 4) is 5.75 Å². The van der Waals surface area contributed by atoms with E-state index >= 15 is 0 Å². The van der Waals surface area contributed by atoms with Crippen LogP contribution in [0.25, 0.3) is 0 Å². The highest BCUT2D eigenvalue weighted by molar-refractivity contribution is 5.77. The van der Waals surface area contributed by atoms with E-state index in [9.17, 15) is 9.90 Å². The number of nitrogens with zero attached hydrogens (tertiary/aromatic N) is 2. The van der Waals surface area contributed by atoms with Gasteiger partial charge in [0.05, 0.1) is 19.1 Å². The molecule has 1 saturated heterocycles. The molecular formula is C19H28N2O3. The van der Waals surface area contributed by atoms with Crippen LogP contribution in [0.2, 0.25) is 0 Å². The molecule has 1 aliphatic heterocycles. The molecule has 24 heavy (non-hydrogen) atoms. The minimum absolute atomic E-state index is 0.102. The van der Waals surface area contributed by atoms with Gasteiger partial charge in [0.1, 0.15) is 5.75 Å². The Labute approximate surface area is 144 Å². The number of hydrogen-bond donors (Lipinski definition) is 1.